The van der Waals surface area contributed by atoms with Crippen molar-refractivity contribution in [3.8, 4) is 0 Å². The van der Waals surface area contributed by atoms with Gasteiger partial charge in [0, 0.05) is 6.92 Å². The number of carbonyl (C=O) groups excluding carboxylic acids is 1. The summed E-state index contributed by atoms with van der Waals surface area (Å²) in [6, 6.07) is 29.2. The van der Waals surface area contributed by atoms with E-state index in [9.17, 15) is 9.90 Å². The summed E-state index contributed by atoms with van der Waals surface area (Å²) in [5.41, 5.74) is 2.93. The Morgan fingerprint density at radius 1 is 0.722 bits per heavy atom. The van der Waals surface area contributed by atoms with Gasteiger partial charge in [-0.1, -0.05) is 91.0 Å². The molecule has 1 heterocycles. The van der Waals surface area contributed by atoms with E-state index in [0.717, 1.165) is 16.7 Å². The summed E-state index contributed by atoms with van der Waals surface area (Å²) in [5.74, 6) is -0.545. The van der Waals surface area contributed by atoms with Crippen LogP contribution in [-0.4, -0.2) is 48.4 Å². The first-order valence-corrected chi connectivity index (χ1v) is 12.0. The number of ether oxygens (including phenoxy) is 5. The molecule has 4 rings (SSSR count). The van der Waals surface area contributed by atoms with Crippen LogP contribution < -0.4 is 0 Å². The highest BCUT2D eigenvalue weighted by Crippen LogP contribution is 2.29. The molecule has 7 nitrogen and oxygen atoms in total. The lowest BCUT2D eigenvalue weighted by molar-refractivity contribution is -0.309. The Labute approximate surface area is 211 Å². The number of hydrogen-bond donors (Lipinski definition) is 1. The Bertz CT molecular complexity index is 1040. The molecule has 5 atom stereocenters. The minimum Gasteiger partial charge on any atom is -0.454 e. The van der Waals surface area contributed by atoms with E-state index >= 15 is 0 Å². The maximum Gasteiger partial charge on any atom is 0.303 e. The van der Waals surface area contributed by atoms with Gasteiger partial charge in [-0.15, -0.1) is 0 Å². The third-order valence-electron chi connectivity index (χ3n) is 5.88. The van der Waals surface area contributed by atoms with Gasteiger partial charge in [-0.2, -0.15) is 0 Å². The van der Waals surface area contributed by atoms with Crippen molar-refractivity contribution in [2.45, 2.75) is 57.5 Å². The van der Waals surface area contributed by atoms with E-state index in [1.807, 2.05) is 91.0 Å². The van der Waals surface area contributed by atoms with Gasteiger partial charge in [-0.05, 0) is 16.7 Å². The molecule has 2 unspecified atom stereocenters. The average Bonchev–Trinajstić information content (AvgIpc) is 2.90. The normalized spacial score (nSPS) is 23.8. The molecule has 3 aromatic rings. The molecule has 0 aromatic heterocycles. The van der Waals surface area contributed by atoms with Crippen molar-refractivity contribution >= 4 is 5.97 Å². The molecule has 0 saturated carbocycles. The number of hydrogen-bond acceptors (Lipinski definition) is 7. The second-order valence-electron chi connectivity index (χ2n) is 8.66. The topological polar surface area (TPSA) is 83.5 Å². The molecular formula is C29H32O7. The van der Waals surface area contributed by atoms with Crippen LogP contribution in [0.15, 0.2) is 91.0 Å². The van der Waals surface area contributed by atoms with Gasteiger partial charge in [-0.25, -0.2) is 0 Å². The molecule has 1 saturated heterocycles. The summed E-state index contributed by atoms with van der Waals surface area (Å²) in [6.45, 7) is 2.36. The van der Waals surface area contributed by atoms with Crippen molar-refractivity contribution in [3.05, 3.63) is 108 Å². The van der Waals surface area contributed by atoms with E-state index in [0.29, 0.717) is 6.61 Å². The van der Waals surface area contributed by atoms with Crippen LogP contribution in [0.3, 0.4) is 0 Å². The fourth-order valence-corrected chi connectivity index (χ4v) is 4.14. The molecule has 1 fully saturated rings. The van der Waals surface area contributed by atoms with Crippen LogP contribution in [0, 0.1) is 0 Å². The molecule has 190 valence electrons. The van der Waals surface area contributed by atoms with Crippen LogP contribution >= 0.6 is 0 Å². The summed E-state index contributed by atoms with van der Waals surface area (Å²) in [4.78, 5) is 11.9. The molecule has 1 N–H and O–H groups in total. The lowest BCUT2D eigenvalue weighted by atomic mass is 9.98. The molecule has 0 amide bonds. The molecular weight excluding hydrogens is 460 g/mol. The van der Waals surface area contributed by atoms with Gasteiger partial charge in [0.1, 0.15) is 18.3 Å². The molecule has 1 aliphatic rings. The summed E-state index contributed by atoms with van der Waals surface area (Å²) >= 11 is 0. The van der Waals surface area contributed by atoms with Gasteiger partial charge < -0.3 is 28.8 Å². The number of carbonyl (C=O) groups is 1. The quantitative estimate of drug-likeness (QED) is 0.405. The third kappa shape index (κ3) is 7.46. The first-order chi connectivity index (χ1) is 17.6. The first kappa shape index (κ1) is 26.0. The van der Waals surface area contributed by atoms with Crippen LogP contribution in [0.25, 0.3) is 0 Å². The Balaban J connectivity index is 1.53. The zero-order chi connectivity index (χ0) is 25.2. The highest BCUT2D eigenvalue weighted by Gasteiger charge is 2.49. The molecule has 7 heteroatoms. The van der Waals surface area contributed by atoms with Crippen molar-refractivity contribution < 1.29 is 33.6 Å². The predicted molar refractivity (Wildman–Crippen MR) is 133 cm³/mol. The first-order valence-electron chi connectivity index (χ1n) is 12.0. The largest absolute Gasteiger partial charge is 0.454 e. The smallest absolute Gasteiger partial charge is 0.303 e. The van der Waals surface area contributed by atoms with Gasteiger partial charge in [0.2, 0.25) is 0 Å². The fraction of sp³-hybridized carbons (Fsp3) is 0.345. The molecule has 0 spiro atoms. The van der Waals surface area contributed by atoms with E-state index in [1.165, 1.54) is 6.92 Å². The zero-order valence-corrected chi connectivity index (χ0v) is 20.3. The maximum atomic E-state index is 11.9. The van der Waals surface area contributed by atoms with Gasteiger partial charge in [0.25, 0.3) is 0 Å². The number of rotatable bonds is 11. The minimum atomic E-state index is -1.39. The lowest BCUT2D eigenvalue weighted by Gasteiger charge is -2.44. The van der Waals surface area contributed by atoms with Crippen LogP contribution in [-0.2, 0) is 48.3 Å². The molecule has 0 radical (unpaired) electrons. The Kier molecular flexibility index (Phi) is 9.61. The van der Waals surface area contributed by atoms with Crippen LogP contribution in [0.2, 0.25) is 0 Å². The number of esters is 1. The molecule has 1 aliphatic heterocycles. The third-order valence-corrected chi connectivity index (χ3v) is 5.88. The van der Waals surface area contributed by atoms with Crippen molar-refractivity contribution in [1.29, 1.82) is 0 Å². The van der Waals surface area contributed by atoms with E-state index in [1.54, 1.807) is 0 Å². The highest BCUT2D eigenvalue weighted by atomic mass is 16.7. The molecule has 0 bridgehead atoms. The molecule has 0 aliphatic carbocycles. The van der Waals surface area contributed by atoms with Gasteiger partial charge in [-0.3, -0.25) is 4.79 Å². The fourth-order valence-electron chi connectivity index (χ4n) is 4.14. The standard InChI is InChI=1S/C29H32O7/c1-21(30)35-28-27(34-19-24-15-9-4-10-16-24)26(33-18-23-13-7-3-8-14-23)25(36-29(28)31)20-32-17-22-11-5-2-6-12-22/h2-16,25-29,31H,17-20H2,1H3/t25?,26-,27+,28?,29+/m1/s1. The number of benzene rings is 3. The summed E-state index contributed by atoms with van der Waals surface area (Å²) in [6.07, 6.45) is -4.56. The summed E-state index contributed by atoms with van der Waals surface area (Å²) < 4.78 is 29.8. The average molecular weight is 493 g/mol. The van der Waals surface area contributed by atoms with E-state index < -0.39 is 36.7 Å². The second kappa shape index (κ2) is 13.3. The summed E-state index contributed by atoms with van der Waals surface area (Å²) in [5, 5.41) is 10.8. The SMILES string of the molecule is CC(=O)OC1[C@@H](OCc2ccccc2)[C@H](OCc2ccccc2)C(COCc2ccccc2)O[C@@H]1O. The van der Waals surface area contributed by atoms with Gasteiger partial charge in [0.15, 0.2) is 12.4 Å². The Hall–Kier alpha value is -3.07. The number of aliphatic hydroxyl groups excluding tert-OH is 1. The van der Waals surface area contributed by atoms with E-state index in [2.05, 4.69) is 0 Å². The van der Waals surface area contributed by atoms with Crippen molar-refractivity contribution in [2.24, 2.45) is 0 Å². The minimum absolute atomic E-state index is 0.156. The summed E-state index contributed by atoms with van der Waals surface area (Å²) in [7, 11) is 0. The van der Waals surface area contributed by atoms with Crippen molar-refractivity contribution in [2.75, 3.05) is 6.61 Å². The van der Waals surface area contributed by atoms with Crippen molar-refractivity contribution in [3.63, 3.8) is 0 Å². The van der Waals surface area contributed by atoms with E-state index in [4.69, 9.17) is 23.7 Å². The second-order valence-corrected chi connectivity index (χ2v) is 8.66. The number of aliphatic hydroxyl groups is 1. The zero-order valence-electron chi connectivity index (χ0n) is 20.3. The highest BCUT2D eigenvalue weighted by molar-refractivity contribution is 5.66. The van der Waals surface area contributed by atoms with Crippen LogP contribution in [0.5, 0.6) is 0 Å². The van der Waals surface area contributed by atoms with Crippen molar-refractivity contribution in [1.82, 2.24) is 0 Å². The van der Waals surface area contributed by atoms with Crippen LogP contribution in [0.4, 0.5) is 0 Å². The molecule has 3 aromatic carbocycles. The Morgan fingerprint density at radius 2 is 1.19 bits per heavy atom. The monoisotopic (exact) mass is 492 g/mol. The van der Waals surface area contributed by atoms with E-state index in [-0.39, 0.29) is 19.8 Å². The Morgan fingerprint density at radius 3 is 1.69 bits per heavy atom. The van der Waals surface area contributed by atoms with Gasteiger partial charge >= 0.3 is 5.97 Å². The van der Waals surface area contributed by atoms with Gasteiger partial charge in [0.05, 0.1) is 26.4 Å². The lowest BCUT2D eigenvalue weighted by Crippen LogP contribution is -2.61. The maximum absolute atomic E-state index is 11.9. The molecule has 36 heavy (non-hydrogen) atoms. The van der Waals surface area contributed by atoms with Crippen LogP contribution in [0.1, 0.15) is 23.6 Å². The predicted octanol–water partition coefficient (Wildman–Crippen LogP) is 4.02.